The SMILES string of the molecule is COC(=O)C1=CNN2CCn3cccc3C12. The molecule has 1 unspecified atom stereocenters. The molecule has 5 nitrogen and oxygen atoms in total. The zero-order valence-corrected chi connectivity index (χ0v) is 9.01. The molecule has 0 bridgehead atoms. The lowest BCUT2D eigenvalue weighted by Gasteiger charge is -2.32. The molecule has 2 aliphatic rings. The summed E-state index contributed by atoms with van der Waals surface area (Å²) in [4.78, 5) is 11.6. The fourth-order valence-corrected chi connectivity index (χ4v) is 2.37. The van der Waals surface area contributed by atoms with Crippen molar-refractivity contribution in [1.82, 2.24) is 15.0 Å². The van der Waals surface area contributed by atoms with Crippen molar-refractivity contribution in [2.24, 2.45) is 0 Å². The number of nitrogens with one attached hydrogen (secondary N) is 1. The number of hydrogen-bond donors (Lipinski definition) is 1. The van der Waals surface area contributed by atoms with E-state index in [9.17, 15) is 4.79 Å². The molecule has 1 atom stereocenters. The van der Waals surface area contributed by atoms with E-state index in [0.717, 1.165) is 18.8 Å². The van der Waals surface area contributed by atoms with Crippen LogP contribution in [0.15, 0.2) is 30.1 Å². The molecule has 0 fully saturated rings. The highest BCUT2D eigenvalue weighted by atomic mass is 16.5. The van der Waals surface area contributed by atoms with E-state index in [0.29, 0.717) is 5.57 Å². The van der Waals surface area contributed by atoms with Crippen LogP contribution in [0.5, 0.6) is 0 Å². The Morgan fingerprint density at radius 3 is 3.25 bits per heavy atom. The summed E-state index contributed by atoms with van der Waals surface area (Å²) in [6, 6.07) is 4.03. The highest BCUT2D eigenvalue weighted by Crippen LogP contribution is 2.34. The predicted octanol–water partition coefficient (Wildman–Crippen LogP) is 0.420. The first-order valence-corrected chi connectivity index (χ1v) is 5.27. The first-order chi connectivity index (χ1) is 7.81. The summed E-state index contributed by atoms with van der Waals surface area (Å²) in [6.45, 7) is 1.82. The van der Waals surface area contributed by atoms with E-state index in [1.807, 2.05) is 18.3 Å². The maximum atomic E-state index is 11.6. The number of methoxy groups -OCH3 is 1. The van der Waals surface area contributed by atoms with Crippen LogP contribution in [0.1, 0.15) is 11.7 Å². The normalized spacial score (nSPS) is 23.1. The van der Waals surface area contributed by atoms with Crippen LogP contribution in [0.2, 0.25) is 0 Å². The van der Waals surface area contributed by atoms with Gasteiger partial charge in [0.15, 0.2) is 0 Å². The largest absolute Gasteiger partial charge is 0.466 e. The molecule has 1 aromatic heterocycles. The second-order valence-electron chi connectivity index (χ2n) is 3.94. The van der Waals surface area contributed by atoms with Crippen LogP contribution in [-0.2, 0) is 16.1 Å². The van der Waals surface area contributed by atoms with Crippen LogP contribution >= 0.6 is 0 Å². The fraction of sp³-hybridized carbons (Fsp3) is 0.364. The first kappa shape index (κ1) is 9.47. The Labute approximate surface area is 93.3 Å². The van der Waals surface area contributed by atoms with Gasteiger partial charge in [0.2, 0.25) is 0 Å². The van der Waals surface area contributed by atoms with Crippen molar-refractivity contribution in [2.75, 3.05) is 13.7 Å². The molecule has 0 amide bonds. The minimum atomic E-state index is -0.269. The molecule has 0 saturated heterocycles. The molecule has 0 aliphatic carbocycles. The van der Waals surface area contributed by atoms with Gasteiger partial charge in [0.05, 0.1) is 12.7 Å². The third-order valence-corrected chi connectivity index (χ3v) is 3.14. The maximum absolute atomic E-state index is 11.6. The third kappa shape index (κ3) is 1.18. The summed E-state index contributed by atoms with van der Waals surface area (Å²) in [5, 5.41) is 2.06. The van der Waals surface area contributed by atoms with Crippen molar-refractivity contribution in [3.05, 3.63) is 35.8 Å². The molecule has 3 heterocycles. The predicted molar refractivity (Wildman–Crippen MR) is 57.1 cm³/mol. The molecule has 0 aromatic carbocycles. The Morgan fingerprint density at radius 2 is 2.44 bits per heavy atom. The lowest BCUT2D eigenvalue weighted by molar-refractivity contribution is -0.136. The summed E-state index contributed by atoms with van der Waals surface area (Å²) >= 11 is 0. The van der Waals surface area contributed by atoms with Gasteiger partial charge in [-0.1, -0.05) is 0 Å². The average molecular weight is 219 g/mol. The summed E-state index contributed by atoms with van der Waals surface area (Å²) < 4.78 is 6.96. The van der Waals surface area contributed by atoms with Gasteiger partial charge in [0.1, 0.15) is 6.04 Å². The zero-order chi connectivity index (χ0) is 11.1. The molecular formula is C11H13N3O2. The van der Waals surface area contributed by atoms with E-state index < -0.39 is 0 Å². The van der Waals surface area contributed by atoms with Crippen LogP contribution < -0.4 is 5.43 Å². The average Bonchev–Trinajstić information content (AvgIpc) is 2.92. The maximum Gasteiger partial charge on any atom is 0.337 e. The number of carbonyl (C=O) groups excluding carboxylic acids is 1. The lowest BCUT2D eigenvalue weighted by Crippen LogP contribution is -2.41. The monoisotopic (exact) mass is 219 g/mol. The van der Waals surface area contributed by atoms with Gasteiger partial charge in [-0.25, -0.2) is 9.80 Å². The van der Waals surface area contributed by atoms with E-state index in [1.54, 1.807) is 6.20 Å². The molecule has 1 aromatic rings. The van der Waals surface area contributed by atoms with Gasteiger partial charge in [-0.3, -0.25) is 0 Å². The Hall–Kier alpha value is -1.75. The number of fused-ring (bicyclic) bond motifs is 3. The van der Waals surface area contributed by atoms with Crippen molar-refractivity contribution in [3.8, 4) is 0 Å². The quantitative estimate of drug-likeness (QED) is 0.695. The van der Waals surface area contributed by atoms with Gasteiger partial charge < -0.3 is 14.7 Å². The third-order valence-electron chi connectivity index (χ3n) is 3.14. The van der Waals surface area contributed by atoms with E-state index in [4.69, 9.17) is 4.74 Å². The van der Waals surface area contributed by atoms with Crippen molar-refractivity contribution in [3.63, 3.8) is 0 Å². The number of aromatic nitrogens is 1. The number of esters is 1. The highest BCUT2D eigenvalue weighted by molar-refractivity contribution is 5.90. The van der Waals surface area contributed by atoms with Gasteiger partial charge in [-0.15, -0.1) is 0 Å². The van der Waals surface area contributed by atoms with Crippen LogP contribution in [0, 0.1) is 0 Å². The van der Waals surface area contributed by atoms with Crippen LogP contribution in [0.3, 0.4) is 0 Å². The van der Waals surface area contributed by atoms with Crippen molar-refractivity contribution in [2.45, 2.75) is 12.6 Å². The van der Waals surface area contributed by atoms with Crippen LogP contribution in [0.25, 0.3) is 0 Å². The van der Waals surface area contributed by atoms with Crippen molar-refractivity contribution in [1.29, 1.82) is 0 Å². The first-order valence-electron chi connectivity index (χ1n) is 5.27. The van der Waals surface area contributed by atoms with Crippen LogP contribution in [0.4, 0.5) is 0 Å². The minimum absolute atomic E-state index is 0.0174. The topological polar surface area (TPSA) is 46.5 Å². The summed E-state index contributed by atoms with van der Waals surface area (Å²) in [6.07, 6.45) is 3.78. The van der Waals surface area contributed by atoms with Gasteiger partial charge in [-0.05, 0) is 12.1 Å². The van der Waals surface area contributed by atoms with E-state index in [-0.39, 0.29) is 12.0 Å². The number of rotatable bonds is 1. The molecule has 0 radical (unpaired) electrons. The van der Waals surface area contributed by atoms with Crippen molar-refractivity contribution >= 4 is 5.97 Å². The van der Waals surface area contributed by atoms with Gasteiger partial charge >= 0.3 is 5.97 Å². The Kier molecular flexibility index (Phi) is 2.00. The molecule has 0 saturated carbocycles. The van der Waals surface area contributed by atoms with E-state index >= 15 is 0 Å². The Morgan fingerprint density at radius 1 is 1.56 bits per heavy atom. The zero-order valence-electron chi connectivity index (χ0n) is 9.01. The smallest absolute Gasteiger partial charge is 0.337 e. The molecule has 2 aliphatic heterocycles. The Balaban J connectivity index is 2.01. The number of ether oxygens (including phenoxy) is 1. The van der Waals surface area contributed by atoms with E-state index in [2.05, 4.69) is 15.0 Å². The number of nitrogens with zero attached hydrogens (tertiary/aromatic N) is 2. The summed E-state index contributed by atoms with van der Waals surface area (Å²) in [5.74, 6) is -0.269. The van der Waals surface area contributed by atoms with Gasteiger partial charge in [-0.2, -0.15) is 0 Å². The standard InChI is InChI=1S/C11H13N3O2/c1-16-11(15)8-7-12-14-6-5-13-4-2-3-9(13)10(8)14/h2-4,7,10,12H,5-6H2,1H3. The van der Waals surface area contributed by atoms with Gasteiger partial charge in [0.25, 0.3) is 0 Å². The van der Waals surface area contributed by atoms with E-state index in [1.165, 1.54) is 7.11 Å². The molecule has 5 heteroatoms. The molecule has 3 rings (SSSR count). The molecule has 84 valence electrons. The summed E-state index contributed by atoms with van der Waals surface area (Å²) in [5.41, 5.74) is 4.91. The van der Waals surface area contributed by atoms with Crippen molar-refractivity contribution < 1.29 is 9.53 Å². The van der Waals surface area contributed by atoms with Crippen LogP contribution in [-0.4, -0.2) is 29.2 Å². The lowest BCUT2D eigenvalue weighted by atomic mass is 10.0. The molecule has 16 heavy (non-hydrogen) atoms. The van der Waals surface area contributed by atoms with Gasteiger partial charge in [0, 0.05) is 31.2 Å². The second kappa shape index (κ2) is 3.38. The molecular weight excluding hydrogens is 206 g/mol. The molecule has 0 spiro atoms. The summed E-state index contributed by atoms with van der Waals surface area (Å²) in [7, 11) is 1.41. The Bertz CT molecular complexity index is 464. The molecule has 1 N–H and O–H groups in total. The number of carbonyl (C=O) groups is 1. The number of hydrogen-bond acceptors (Lipinski definition) is 4. The minimum Gasteiger partial charge on any atom is -0.466 e. The highest BCUT2D eigenvalue weighted by Gasteiger charge is 2.37. The number of hydrazine groups is 1. The fourth-order valence-electron chi connectivity index (χ4n) is 2.37. The second-order valence-corrected chi connectivity index (χ2v) is 3.94.